The van der Waals surface area contributed by atoms with E-state index in [1.807, 2.05) is 25.1 Å². The number of fused-ring (bicyclic) bond motifs is 1. The van der Waals surface area contributed by atoms with Crippen molar-refractivity contribution in [3.63, 3.8) is 0 Å². The lowest BCUT2D eigenvalue weighted by Gasteiger charge is -2.05. The Kier molecular flexibility index (Phi) is 1.65. The normalized spacial score (nSPS) is 10.6. The smallest absolute Gasteiger partial charge is 0.269 e. The summed E-state index contributed by atoms with van der Waals surface area (Å²) in [5.74, 6) is 0. The van der Waals surface area contributed by atoms with Crippen molar-refractivity contribution in [2.75, 3.05) is 0 Å². The molecular formula is C10H10N2O. The topological polar surface area (TPSA) is 34.9 Å². The summed E-state index contributed by atoms with van der Waals surface area (Å²) in [5.41, 5.74) is 2.78. The first kappa shape index (κ1) is 7.98. The van der Waals surface area contributed by atoms with Crippen molar-refractivity contribution in [2.45, 2.75) is 6.92 Å². The minimum absolute atomic E-state index is 0.0678. The lowest BCUT2D eigenvalue weighted by Crippen LogP contribution is -2.17. The van der Waals surface area contributed by atoms with Gasteiger partial charge >= 0.3 is 0 Å². The average Bonchev–Trinajstić information content (AvgIpc) is 2.12. The van der Waals surface area contributed by atoms with Crippen molar-refractivity contribution in [3.05, 3.63) is 40.3 Å². The molecule has 0 aliphatic heterocycles. The molecule has 0 atom stereocenters. The highest BCUT2D eigenvalue weighted by molar-refractivity contribution is 5.77. The Morgan fingerprint density at radius 1 is 1.38 bits per heavy atom. The fourth-order valence-electron chi connectivity index (χ4n) is 1.51. The molecule has 0 bridgehead atoms. The molecule has 0 aliphatic rings. The van der Waals surface area contributed by atoms with Crippen molar-refractivity contribution >= 4 is 11.0 Å². The van der Waals surface area contributed by atoms with Crippen LogP contribution in [0.1, 0.15) is 5.56 Å². The summed E-state index contributed by atoms with van der Waals surface area (Å²) in [6, 6.07) is 5.82. The van der Waals surface area contributed by atoms with Crippen LogP contribution in [0.2, 0.25) is 0 Å². The van der Waals surface area contributed by atoms with E-state index in [0.717, 1.165) is 16.6 Å². The standard InChI is InChI=1S/C10H10N2O/c1-7-4-3-5-8-10(7)12(2)9(13)6-11-8/h3-6H,1-2H3. The molecule has 2 rings (SSSR count). The molecule has 0 N–H and O–H groups in total. The second-order valence-corrected chi connectivity index (χ2v) is 3.10. The van der Waals surface area contributed by atoms with Crippen LogP contribution in [0.4, 0.5) is 0 Å². The first-order valence-corrected chi connectivity index (χ1v) is 4.11. The summed E-state index contributed by atoms with van der Waals surface area (Å²) < 4.78 is 1.62. The van der Waals surface area contributed by atoms with E-state index in [1.54, 1.807) is 11.6 Å². The van der Waals surface area contributed by atoms with E-state index in [9.17, 15) is 4.79 Å². The number of hydrogen-bond acceptors (Lipinski definition) is 2. The van der Waals surface area contributed by atoms with Gasteiger partial charge in [0, 0.05) is 7.05 Å². The van der Waals surface area contributed by atoms with E-state index in [1.165, 1.54) is 6.20 Å². The summed E-state index contributed by atoms with van der Waals surface area (Å²) in [4.78, 5) is 15.4. The lowest BCUT2D eigenvalue weighted by molar-refractivity contribution is 0.887. The maximum Gasteiger partial charge on any atom is 0.269 e. The van der Waals surface area contributed by atoms with E-state index in [2.05, 4.69) is 4.98 Å². The Balaban J connectivity index is 3.05. The van der Waals surface area contributed by atoms with Crippen LogP contribution in [-0.4, -0.2) is 9.55 Å². The Hall–Kier alpha value is -1.64. The molecule has 2 aromatic rings. The molecule has 13 heavy (non-hydrogen) atoms. The van der Waals surface area contributed by atoms with Crippen LogP contribution in [-0.2, 0) is 7.05 Å². The third kappa shape index (κ3) is 1.13. The van der Waals surface area contributed by atoms with E-state index >= 15 is 0 Å². The van der Waals surface area contributed by atoms with Gasteiger partial charge in [-0.1, -0.05) is 12.1 Å². The van der Waals surface area contributed by atoms with Crippen LogP contribution in [0.15, 0.2) is 29.2 Å². The molecule has 3 nitrogen and oxygen atoms in total. The van der Waals surface area contributed by atoms with E-state index in [0.29, 0.717) is 0 Å². The van der Waals surface area contributed by atoms with Crippen LogP contribution in [0.25, 0.3) is 11.0 Å². The van der Waals surface area contributed by atoms with Gasteiger partial charge in [-0.25, -0.2) is 4.98 Å². The lowest BCUT2D eigenvalue weighted by atomic mass is 10.2. The minimum atomic E-state index is -0.0678. The molecule has 1 aromatic heterocycles. The van der Waals surface area contributed by atoms with Crippen LogP contribution in [0.5, 0.6) is 0 Å². The first-order chi connectivity index (χ1) is 6.20. The number of aromatic nitrogens is 2. The molecule has 1 heterocycles. The molecule has 1 aromatic carbocycles. The predicted octanol–water partition coefficient (Wildman–Crippen LogP) is 1.24. The van der Waals surface area contributed by atoms with Crippen LogP contribution < -0.4 is 5.56 Å². The van der Waals surface area contributed by atoms with Crippen molar-refractivity contribution in [1.82, 2.24) is 9.55 Å². The molecular weight excluding hydrogens is 164 g/mol. The van der Waals surface area contributed by atoms with Crippen LogP contribution in [0.3, 0.4) is 0 Å². The largest absolute Gasteiger partial charge is 0.308 e. The van der Waals surface area contributed by atoms with Gasteiger partial charge in [0.25, 0.3) is 5.56 Å². The fraction of sp³-hybridized carbons (Fsp3) is 0.200. The maximum atomic E-state index is 11.3. The molecule has 0 saturated carbocycles. The van der Waals surface area contributed by atoms with Crippen molar-refractivity contribution < 1.29 is 0 Å². The van der Waals surface area contributed by atoms with Crippen LogP contribution >= 0.6 is 0 Å². The Morgan fingerprint density at radius 2 is 2.15 bits per heavy atom. The Labute approximate surface area is 75.7 Å². The number of benzene rings is 1. The SMILES string of the molecule is Cc1cccc2ncc(=O)n(C)c12. The average molecular weight is 174 g/mol. The Bertz CT molecular complexity index is 514. The zero-order valence-corrected chi connectivity index (χ0v) is 7.61. The maximum absolute atomic E-state index is 11.3. The Morgan fingerprint density at radius 3 is 2.92 bits per heavy atom. The summed E-state index contributed by atoms with van der Waals surface area (Å²) >= 11 is 0. The molecule has 0 radical (unpaired) electrons. The highest BCUT2D eigenvalue weighted by atomic mass is 16.1. The monoisotopic (exact) mass is 174 g/mol. The van der Waals surface area contributed by atoms with Gasteiger partial charge in [0.05, 0.1) is 17.2 Å². The van der Waals surface area contributed by atoms with Gasteiger partial charge in [-0.3, -0.25) is 4.79 Å². The van der Waals surface area contributed by atoms with Gasteiger partial charge < -0.3 is 4.57 Å². The highest BCUT2D eigenvalue weighted by Crippen LogP contribution is 2.12. The minimum Gasteiger partial charge on any atom is -0.308 e. The second kappa shape index (κ2) is 2.69. The zero-order valence-electron chi connectivity index (χ0n) is 7.61. The van der Waals surface area contributed by atoms with Gasteiger partial charge in [-0.2, -0.15) is 0 Å². The van der Waals surface area contributed by atoms with Crippen molar-refractivity contribution in [3.8, 4) is 0 Å². The zero-order chi connectivity index (χ0) is 9.42. The first-order valence-electron chi connectivity index (χ1n) is 4.11. The van der Waals surface area contributed by atoms with Gasteiger partial charge in [0.15, 0.2) is 0 Å². The molecule has 3 heteroatoms. The summed E-state index contributed by atoms with van der Waals surface area (Å²) in [6.07, 6.45) is 1.35. The third-order valence-corrected chi connectivity index (χ3v) is 2.20. The molecule has 0 spiro atoms. The third-order valence-electron chi connectivity index (χ3n) is 2.20. The molecule has 0 aliphatic carbocycles. The fourth-order valence-corrected chi connectivity index (χ4v) is 1.51. The molecule has 0 fully saturated rings. The second-order valence-electron chi connectivity index (χ2n) is 3.10. The molecule has 66 valence electrons. The predicted molar refractivity (Wildman–Crippen MR) is 51.7 cm³/mol. The molecule has 0 amide bonds. The summed E-state index contributed by atoms with van der Waals surface area (Å²) in [6.45, 7) is 1.98. The number of hydrogen-bond donors (Lipinski definition) is 0. The van der Waals surface area contributed by atoms with Crippen molar-refractivity contribution in [1.29, 1.82) is 0 Å². The van der Waals surface area contributed by atoms with Gasteiger partial charge in [-0.05, 0) is 18.6 Å². The highest BCUT2D eigenvalue weighted by Gasteiger charge is 2.01. The van der Waals surface area contributed by atoms with Gasteiger partial charge in [0.2, 0.25) is 0 Å². The van der Waals surface area contributed by atoms with E-state index in [-0.39, 0.29) is 5.56 Å². The number of rotatable bonds is 0. The van der Waals surface area contributed by atoms with Crippen LogP contribution in [0, 0.1) is 6.92 Å². The summed E-state index contributed by atoms with van der Waals surface area (Å²) in [5, 5.41) is 0. The number of aryl methyl sites for hydroxylation is 2. The van der Waals surface area contributed by atoms with E-state index in [4.69, 9.17) is 0 Å². The van der Waals surface area contributed by atoms with Gasteiger partial charge in [0.1, 0.15) is 0 Å². The summed E-state index contributed by atoms with van der Waals surface area (Å²) in [7, 11) is 1.76. The number of nitrogens with zero attached hydrogens (tertiary/aromatic N) is 2. The molecule has 0 unspecified atom stereocenters. The van der Waals surface area contributed by atoms with E-state index < -0.39 is 0 Å². The number of para-hydroxylation sites is 1. The molecule has 0 saturated heterocycles. The van der Waals surface area contributed by atoms with Crippen molar-refractivity contribution in [2.24, 2.45) is 7.05 Å². The quantitative estimate of drug-likeness (QED) is 0.602. The van der Waals surface area contributed by atoms with Gasteiger partial charge in [-0.15, -0.1) is 0 Å².